The molecule has 0 saturated carbocycles. The lowest BCUT2D eigenvalue weighted by Crippen LogP contribution is -2.24. The normalized spacial score (nSPS) is 10.4. The van der Waals surface area contributed by atoms with Gasteiger partial charge in [0.05, 0.1) is 10.7 Å². The average molecular weight is 305 g/mol. The van der Waals surface area contributed by atoms with Crippen LogP contribution in [0.4, 0.5) is 0 Å². The minimum absolute atomic E-state index is 0.0390. The number of hydrogen-bond acceptors (Lipinski definition) is 5. The van der Waals surface area contributed by atoms with E-state index in [-0.39, 0.29) is 12.5 Å². The van der Waals surface area contributed by atoms with Gasteiger partial charge < -0.3 is 15.4 Å². The van der Waals surface area contributed by atoms with E-state index < -0.39 is 0 Å². The maximum Gasteiger partial charge on any atom is 0.257 e. The first-order valence-corrected chi connectivity index (χ1v) is 7.59. The van der Waals surface area contributed by atoms with Crippen molar-refractivity contribution in [2.75, 3.05) is 13.7 Å². The molecule has 1 aromatic heterocycles. The van der Waals surface area contributed by atoms with Crippen LogP contribution in [0.5, 0.6) is 5.75 Å². The summed E-state index contributed by atoms with van der Waals surface area (Å²) in [6, 6.07) is 7.71. The molecule has 0 aliphatic carbocycles. The summed E-state index contributed by atoms with van der Waals surface area (Å²) in [5.41, 5.74) is 2.23. The van der Waals surface area contributed by atoms with Crippen LogP contribution in [0.2, 0.25) is 0 Å². The third-order valence-corrected chi connectivity index (χ3v) is 3.70. The lowest BCUT2D eigenvalue weighted by molar-refractivity contribution is -0.122. The monoisotopic (exact) mass is 305 g/mol. The number of rotatable bonds is 7. The lowest BCUT2D eigenvalue weighted by Gasteiger charge is -2.07. The Morgan fingerprint density at radius 1 is 1.29 bits per heavy atom. The van der Waals surface area contributed by atoms with Gasteiger partial charge in [-0.1, -0.05) is 12.1 Å². The van der Waals surface area contributed by atoms with Crippen molar-refractivity contribution in [3.8, 4) is 5.75 Å². The third-order valence-electron chi connectivity index (χ3n) is 2.87. The standard InChI is InChI=1S/C15H19N3O2S/c1-11-18-13(10-21-11)8-17-7-12-3-5-14(6-4-12)20-9-15(19)16-2/h3-6,10,17H,7-9H2,1-2H3,(H,16,19). The van der Waals surface area contributed by atoms with Crippen LogP contribution in [0.3, 0.4) is 0 Å². The summed E-state index contributed by atoms with van der Waals surface area (Å²) in [4.78, 5) is 15.5. The van der Waals surface area contributed by atoms with E-state index in [1.807, 2.05) is 31.2 Å². The summed E-state index contributed by atoms with van der Waals surface area (Å²) in [5.74, 6) is 0.553. The molecule has 2 rings (SSSR count). The van der Waals surface area contributed by atoms with Crippen LogP contribution < -0.4 is 15.4 Å². The zero-order chi connectivity index (χ0) is 15.1. The fourth-order valence-electron chi connectivity index (χ4n) is 1.75. The van der Waals surface area contributed by atoms with E-state index in [1.165, 1.54) is 0 Å². The minimum atomic E-state index is -0.140. The van der Waals surface area contributed by atoms with Crippen molar-refractivity contribution in [3.63, 3.8) is 0 Å². The molecule has 112 valence electrons. The zero-order valence-corrected chi connectivity index (χ0v) is 13.0. The molecule has 1 heterocycles. The second-order valence-electron chi connectivity index (χ2n) is 4.57. The Labute approximate surface area is 128 Å². The second kappa shape index (κ2) is 7.75. The number of nitrogens with one attached hydrogen (secondary N) is 2. The number of hydrogen-bond donors (Lipinski definition) is 2. The zero-order valence-electron chi connectivity index (χ0n) is 12.2. The number of amides is 1. The van der Waals surface area contributed by atoms with Crippen molar-refractivity contribution in [3.05, 3.63) is 45.9 Å². The van der Waals surface area contributed by atoms with Crippen molar-refractivity contribution in [2.24, 2.45) is 0 Å². The average Bonchev–Trinajstić information content (AvgIpc) is 2.91. The van der Waals surface area contributed by atoms with E-state index in [9.17, 15) is 4.79 Å². The van der Waals surface area contributed by atoms with Crippen molar-refractivity contribution >= 4 is 17.2 Å². The Bertz CT molecular complexity index is 581. The van der Waals surface area contributed by atoms with Gasteiger partial charge in [-0.25, -0.2) is 4.98 Å². The van der Waals surface area contributed by atoms with Crippen LogP contribution in [-0.2, 0) is 17.9 Å². The molecule has 0 saturated heterocycles. The Hall–Kier alpha value is -1.92. The van der Waals surface area contributed by atoms with Crippen LogP contribution in [0.1, 0.15) is 16.3 Å². The van der Waals surface area contributed by atoms with Gasteiger partial charge in [-0.05, 0) is 24.6 Å². The van der Waals surface area contributed by atoms with Gasteiger partial charge in [0, 0.05) is 25.5 Å². The maximum absolute atomic E-state index is 11.1. The predicted octanol–water partition coefficient (Wildman–Crippen LogP) is 1.87. The highest BCUT2D eigenvalue weighted by Gasteiger charge is 2.01. The van der Waals surface area contributed by atoms with Gasteiger partial charge in [0.25, 0.3) is 5.91 Å². The largest absolute Gasteiger partial charge is 0.484 e. The van der Waals surface area contributed by atoms with Crippen molar-refractivity contribution in [2.45, 2.75) is 20.0 Å². The van der Waals surface area contributed by atoms with Gasteiger partial charge in [-0.15, -0.1) is 11.3 Å². The summed E-state index contributed by atoms with van der Waals surface area (Å²) in [6.07, 6.45) is 0. The van der Waals surface area contributed by atoms with E-state index >= 15 is 0 Å². The first kappa shape index (κ1) is 15.5. The molecule has 0 aliphatic heterocycles. The molecule has 0 bridgehead atoms. The SMILES string of the molecule is CNC(=O)COc1ccc(CNCc2csc(C)n2)cc1. The van der Waals surface area contributed by atoms with Gasteiger partial charge in [0.1, 0.15) is 5.75 Å². The summed E-state index contributed by atoms with van der Waals surface area (Å²) in [7, 11) is 1.59. The molecule has 6 heteroatoms. The van der Waals surface area contributed by atoms with Gasteiger partial charge >= 0.3 is 0 Å². The van der Waals surface area contributed by atoms with Crippen molar-refractivity contribution in [1.29, 1.82) is 0 Å². The first-order valence-electron chi connectivity index (χ1n) is 6.71. The summed E-state index contributed by atoms with van der Waals surface area (Å²) in [5, 5.41) is 9.02. The smallest absolute Gasteiger partial charge is 0.257 e. The van der Waals surface area contributed by atoms with Gasteiger partial charge in [-0.2, -0.15) is 0 Å². The second-order valence-corrected chi connectivity index (χ2v) is 5.63. The molecule has 2 N–H and O–H groups in total. The summed E-state index contributed by atoms with van der Waals surface area (Å²) >= 11 is 1.66. The molecule has 0 radical (unpaired) electrons. The highest BCUT2D eigenvalue weighted by atomic mass is 32.1. The van der Waals surface area contributed by atoms with E-state index in [1.54, 1.807) is 18.4 Å². The number of aromatic nitrogens is 1. The molecule has 21 heavy (non-hydrogen) atoms. The molecule has 0 atom stereocenters. The number of nitrogens with zero attached hydrogens (tertiary/aromatic N) is 1. The number of thiazole rings is 1. The molecular weight excluding hydrogens is 286 g/mol. The topological polar surface area (TPSA) is 63.2 Å². The van der Waals surface area contributed by atoms with E-state index in [0.29, 0.717) is 5.75 Å². The molecule has 1 aromatic carbocycles. The van der Waals surface area contributed by atoms with Crippen molar-refractivity contribution in [1.82, 2.24) is 15.6 Å². The van der Waals surface area contributed by atoms with Crippen LogP contribution in [0.25, 0.3) is 0 Å². The van der Waals surface area contributed by atoms with E-state index in [4.69, 9.17) is 4.74 Å². The third kappa shape index (κ3) is 5.17. The Morgan fingerprint density at radius 2 is 2.05 bits per heavy atom. The fourth-order valence-corrected chi connectivity index (χ4v) is 2.36. The van der Waals surface area contributed by atoms with Crippen LogP contribution >= 0.6 is 11.3 Å². The van der Waals surface area contributed by atoms with Crippen LogP contribution in [0.15, 0.2) is 29.6 Å². The molecule has 1 amide bonds. The quantitative estimate of drug-likeness (QED) is 0.820. The fraction of sp³-hybridized carbons (Fsp3) is 0.333. The van der Waals surface area contributed by atoms with E-state index in [2.05, 4.69) is 21.0 Å². The minimum Gasteiger partial charge on any atom is -0.484 e. The maximum atomic E-state index is 11.1. The highest BCUT2D eigenvalue weighted by Crippen LogP contribution is 2.12. The number of likely N-dealkylation sites (N-methyl/N-ethyl adjacent to an activating group) is 1. The number of ether oxygens (including phenoxy) is 1. The Balaban J connectivity index is 1.75. The van der Waals surface area contributed by atoms with Gasteiger partial charge in [-0.3, -0.25) is 4.79 Å². The van der Waals surface area contributed by atoms with Crippen LogP contribution in [0, 0.1) is 6.92 Å². The molecule has 0 unspecified atom stereocenters. The Kier molecular flexibility index (Phi) is 5.71. The predicted molar refractivity (Wildman–Crippen MR) is 83.4 cm³/mol. The molecule has 0 fully saturated rings. The summed E-state index contributed by atoms with van der Waals surface area (Å²) < 4.78 is 5.35. The van der Waals surface area contributed by atoms with Gasteiger partial charge in [0.15, 0.2) is 6.61 Å². The first-order chi connectivity index (χ1) is 10.2. The van der Waals surface area contributed by atoms with Crippen LogP contribution in [-0.4, -0.2) is 24.5 Å². The molecule has 5 nitrogen and oxygen atoms in total. The van der Waals surface area contributed by atoms with Gasteiger partial charge in [0.2, 0.25) is 0 Å². The van der Waals surface area contributed by atoms with Crippen molar-refractivity contribution < 1.29 is 9.53 Å². The number of aryl methyl sites for hydroxylation is 1. The molecule has 2 aromatic rings. The number of carbonyl (C=O) groups is 1. The lowest BCUT2D eigenvalue weighted by atomic mass is 10.2. The number of benzene rings is 1. The molecular formula is C15H19N3O2S. The highest BCUT2D eigenvalue weighted by molar-refractivity contribution is 7.09. The Morgan fingerprint density at radius 3 is 2.67 bits per heavy atom. The molecule has 0 aliphatic rings. The number of carbonyl (C=O) groups excluding carboxylic acids is 1. The molecule has 0 spiro atoms. The summed E-state index contributed by atoms with van der Waals surface area (Å²) in [6.45, 7) is 3.58. The van der Waals surface area contributed by atoms with E-state index in [0.717, 1.165) is 29.4 Å².